The Hall–Kier alpha value is -1.37. The van der Waals surface area contributed by atoms with Crippen LogP contribution in [0.4, 0.5) is 0 Å². The number of ether oxygens (including phenoxy) is 1. The van der Waals surface area contributed by atoms with Crippen molar-refractivity contribution in [3.8, 4) is 0 Å². The zero-order chi connectivity index (χ0) is 14.1. The van der Waals surface area contributed by atoms with Crippen molar-refractivity contribution < 1.29 is 23.9 Å². The third kappa shape index (κ3) is 7.05. The van der Waals surface area contributed by atoms with E-state index >= 15 is 0 Å². The molecule has 0 bridgehead atoms. The van der Waals surface area contributed by atoms with Crippen LogP contribution in [0.1, 0.15) is 20.3 Å². The van der Waals surface area contributed by atoms with Crippen molar-refractivity contribution in [2.24, 2.45) is 5.92 Å². The highest BCUT2D eigenvalue weighted by Crippen LogP contribution is 2.05. The lowest BCUT2D eigenvalue weighted by molar-refractivity contribution is -0.152. The zero-order valence-corrected chi connectivity index (χ0v) is 11.5. The first-order valence-corrected chi connectivity index (χ1v) is 6.41. The fraction of sp³-hybridized carbons (Fsp3) is 0.636. The molecule has 18 heavy (non-hydrogen) atoms. The van der Waals surface area contributed by atoms with Crippen LogP contribution in [0.15, 0.2) is 0 Å². The van der Waals surface area contributed by atoms with Crippen molar-refractivity contribution in [1.29, 1.82) is 0 Å². The molecule has 0 spiro atoms. The van der Waals surface area contributed by atoms with E-state index in [0.29, 0.717) is 12.3 Å². The molecule has 0 unspecified atom stereocenters. The van der Waals surface area contributed by atoms with E-state index in [2.05, 4.69) is 10.1 Å². The number of nitrogens with one attached hydrogen (secondary N) is 1. The van der Waals surface area contributed by atoms with Gasteiger partial charge < -0.3 is 10.1 Å². The number of carbonyl (C=O) groups excluding carboxylic acids is 4. The van der Waals surface area contributed by atoms with Gasteiger partial charge in [0.2, 0.25) is 11.7 Å². The van der Waals surface area contributed by atoms with Gasteiger partial charge in [0.1, 0.15) is 0 Å². The van der Waals surface area contributed by atoms with Crippen LogP contribution in [0.3, 0.4) is 0 Å². The van der Waals surface area contributed by atoms with Crippen LogP contribution >= 0.6 is 11.8 Å². The molecular weight excluding hydrogens is 258 g/mol. The highest BCUT2D eigenvalue weighted by molar-refractivity contribution is 8.13. The number of thioether (sulfide) groups is 1. The predicted molar refractivity (Wildman–Crippen MR) is 67.0 cm³/mol. The number of hydrogen-bond donors (Lipinski definition) is 1. The summed E-state index contributed by atoms with van der Waals surface area (Å²) in [6.07, 6.45) is -0.477. The fourth-order valence-electron chi connectivity index (χ4n) is 0.911. The second-order valence-electron chi connectivity index (χ2n) is 3.76. The lowest BCUT2D eigenvalue weighted by Crippen LogP contribution is -2.29. The van der Waals surface area contributed by atoms with Gasteiger partial charge in [-0.3, -0.25) is 14.4 Å². The molecule has 0 aromatic heterocycles. The first-order valence-electron chi connectivity index (χ1n) is 5.43. The monoisotopic (exact) mass is 275 g/mol. The Morgan fingerprint density at radius 2 is 1.83 bits per heavy atom. The Morgan fingerprint density at radius 1 is 1.22 bits per heavy atom. The lowest BCUT2D eigenvalue weighted by Gasteiger charge is -2.06. The summed E-state index contributed by atoms with van der Waals surface area (Å²) < 4.78 is 4.19. The minimum absolute atomic E-state index is 0.0892. The number of ketones is 1. The molecule has 0 saturated heterocycles. The van der Waals surface area contributed by atoms with Crippen molar-refractivity contribution in [1.82, 2.24) is 5.32 Å². The van der Waals surface area contributed by atoms with Gasteiger partial charge in [-0.15, -0.1) is 0 Å². The average Bonchev–Trinajstić information content (AvgIpc) is 2.32. The molecule has 0 fully saturated rings. The van der Waals surface area contributed by atoms with Crippen molar-refractivity contribution in [2.45, 2.75) is 20.3 Å². The van der Waals surface area contributed by atoms with E-state index in [4.69, 9.17) is 0 Å². The Bertz CT molecular complexity index is 340. The van der Waals surface area contributed by atoms with Gasteiger partial charge in [-0.25, -0.2) is 4.79 Å². The third-order valence-corrected chi connectivity index (χ3v) is 2.78. The summed E-state index contributed by atoms with van der Waals surface area (Å²) in [4.78, 5) is 44.2. The lowest BCUT2D eigenvalue weighted by atomic mass is 10.2. The summed E-state index contributed by atoms with van der Waals surface area (Å²) in [6.45, 7) is 3.88. The molecule has 6 nitrogen and oxygen atoms in total. The van der Waals surface area contributed by atoms with Gasteiger partial charge in [0.05, 0.1) is 13.5 Å². The predicted octanol–water partition coefficient (Wildman–Crippen LogP) is 0.151. The standard InChI is InChI=1S/C11H17NO5S/c1-7(2)10(15)12-4-5-18-9(14)6-8(13)11(16)17-3/h7H,4-6H2,1-3H3,(H,12,15). The molecule has 102 valence electrons. The molecule has 0 aliphatic heterocycles. The first-order chi connectivity index (χ1) is 8.38. The van der Waals surface area contributed by atoms with E-state index in [9.17, 15) is 19.2 Å². The van der Waals surface area contributed by atoms with Crippen molar-refractivity contribution in [3.63, 3.8) is 0 Å². The molecule has 1 amide bonds. The summed E-state index contributed by atoms with van der Waals surface area (Å²) in [5.74, 6) is -1.70. The summed E-state index contributed by atoms with van der Waals surface area (Å²) in [7, 11) is 1.08. The first kappa shape index (κ1) is 16.6. The largest absolute Gasteiger partial charge is 0.463 e. The molecule has 1 N–H and O–H groups in total. The highest BCUT2D eigenvalue weighted by Gasteiger charge is 2.18. The summed E-state index contributed by atoms with van der Waals surface area (Å²) >= 11 is 0.904. The summed E-state index contributed by atoms with van der Waals surface area (Å²) in [6, 6.07) is 0. The molecular formula is C11H17NO5S. The molecule has 0 aromatic rings. The molecule has 0 radical (unpaired) electrons. The number of Topliss-reactive ketones (excluding diaryl/α,β-unsaturated/α-hetero) is 1. The van der Waals surface area contributed by atoms with Gasteiger partial charge in [-0.1, -0.05) is 25.6 Å². The SMILES string of the molecule is COC(=O)C(=O)CC(=O)SCCNC(=O)C(C)C. The summed E-state index contributed by atoms with van der Waals surface area (Å²) in [5.41, 5.74) is 0. The topological polar surface area (TPSA) is 89.5 Å². The van der Waals surface area contributed by atoms with E-state index in [1.807, 2.05) is 0 Å². The van der Waals surface area contributed by atoms with E-state index in [1.54, 1.807) is 13.8 Å². The minimum atomic E-state index is -1.02. The van der Waals surface area contributed by atoms with Crippen LogP contribution in [0, 0.1) is 5.92 Å². The van der Waals surface area contributed by atoms with Gasteiger partial charge in [-0.2, -0.15) is 0 Å². The molecule has 0 heterocycles. The molecule has 0 saturated carbocycles. The number of hydrogen-bond acceptors (Lipinski definition) is 6. The van der Waals surface area contributed by atoms with Crippen LogP contribution in [0.25, 0.3) is 0 Å². The second kappa shape index (κ2) is 8.68. The Kier molecular flexibility index (Phi) is 8.02. The normalized spacial score (nSPS) is 10.0. The summed E-state index contributed by atoms with van der Waals surface area (Å²) in [5, 5.41) is 2.22. The van der Waals surface area contributed by atoms with Gasteiger partial charge >= 0.3 is 5.97 Å². The van der Waals surface area contributed by atoms with Gasteiger partial charge in [-0.05, 0) is 0 Å². The van der Waals surface area contributed by atoms with E-state index in [0.717, 1.165) is 18.9 Å². The Labute approximate surface area is 110 Å². The van der Waals surface area contributed by atoms with E-state index < -0.39 is 23.3 Å². The van der Waals surface area contributed by atoms with E-state index in [-0.39, 0.29) is 11.8 Å². The highest BCUT2D eigenvalue weighted by atomic mass is 32.2. The van der Waals surface area contributed by atoms with Gasteiger partial charge in [0.15, 0.2) is 5.12 Å². The van der Waals surface area contributed by atoms with Gasteiger partial charge in [0.25, 0.3) is 0 Å². The minimum Gasteiger partial charge on any atom is -0.463 e. The number of methoxy groups -OCH3 is 1. The Morgan fingerprint density at radius 3 is 2.33 bits per heavy atom. The van der Waals surface area contributed by atoms with Crippen LogP contribution in [-0.4, -0.2) is 42.2 Å². The number of carbonyl (C=O) groups is 4. The quantitative estimate of drug-likeness (QED) is 0.308. The van der Waals surface area contributed by atoms with Crippen molar-refractivity contribution >= 4 is 34.5 Å². The smallest absolute Gasteiger partial charge is 0.374 e. The zero-order valence-electron chi connectivity index (χ0n) is 10.6. The molecule has 7 heteroatoms. The Balaban J connectivity index is 3.75. The molecule has 0 atom stereocenters. The maximum Gasteiger partial charge on any atom is 0.374 e. The van der Waals surface area contributed by atoms with Crippen LogP contribution in [-0.2, 0) is 23.9 Å². The third-order valence-electron chi connectivity index (χ3n) is 1.91. The number of rotatable bonds is 7. The molecule has 0 aliphatic rings. The number of esters is 1. The second-order valence-corrected chi connectivity index (χ2v) is 4.91. The van der Waals surface area contributed by atoms with Crippen molar-refractivity contribution in [3.05, 3.63) is 0 Å². The van der Waals surface area contributed by atoms with E-state index in [1.165, 1.54) is 0 Å². The molecule has 0 aliphatic carbocycles. The molecule has 0 rings (SSSR count). The maximum absolute atomic E-state index is 11.3. The fourth-order valence-corrected chi connectivity index (χ4v) is 1.58. The average molecular weight is 275 g/mol. The number of amides is 1. The van der Waals surface area contributed by atoms with Crippen molar-refractivity contribution in [2.75, 3.05) is 19.4 Å². The van der Waals surface area contributed by atoms with Crippen LogP contribution in [0.5, 0.6) is 0 Å². The van der Waals surface area contributed by atoms with Gasteiger partial charge in [0, 0.05) is 18.2 Å². The van der Waals surface area contributed by atoms with Crippen LogP contribution in [0.2, 0.25) is 0 Å². The van der Waals surface area contributed by atoms with Crippen LogP contribution < -0.4 is 5.32 Å². The maximum atomic E-state index is 11.3. The molecule has 0 aromatic carbocycles.